The molecule has 150 valence electrons. The second-order valence-corrected chi connectivity index (χ2v) is 7.84. The van der Waals surface area contributed by atoms with Gasteiger partial charge in [-0.05, 0) is 48.7 Å². The SMILES string of the molecule is N#CCC1(n2ncc(-c3cc(-c4cccnc4N)cc4ncccc34)n2)CC(C#N)C1. The predicted octanol–water partition coefficient (Wildman–Crippen LogP) is 3.68. The number of pyridine rings is 2. The second kappa shape index (κ2) is 7.19. The third-order valence-corrected chi connectivity index (χ3v) is 5.91. The van der Waals surface area contributed by atoms with Crippen molar-refractivity contribution in [3.8, 4) is 34.5 Å². The monoisotopic (exact) mass is 406 g/mol. The number of hydrogen-bond donors (Lipinski definition) is 1. The number of benzene rings is 1. The van der Waals surface area contributed by atoms with Crippen LogP contribution in [0, 0.1) is 28.6 Å². The van der Waals surface area contributed by atoms with Crippen LogP contribution in [-0.4, -0.2) is 25.0 Å². The number of nitrogens with zero attached hydrogens (tertiary/aromatic N) is 7. The molecule has 1 aliphatic rings. The highest BCUT2D eigenvalue weighted by molar-refractivity contribution is 5.98. The summed E-state index contributed by atoms with van der Waals surface area (Å²) in [6, 6.07) is 16.1. The van der Waals surface area contributed by atoms with Crippen molar-refractivity contribution in [3.05, 3.63) is 55.0 Å². The lowest BCUT2D eigenvalue weighted by molar-refractivity contribution is 0.0713. The van der Waals surface area contributed by atoms with Crippen LogP contribution in [0.3, 0.4) is 0 Å². The highest BCUT2D eigenvalue weighted by atomic mass is 15.5. The van der Waals surface area contributed by atoms with Gasteiger partial charge in [0.05, 0.1) is 41.7 Å². The third kappa shape index (κ3) is 3.06. The number of nitrogens with two attached hydrogens (primary N) is 1. The summed E-state index contributed by atoms with van der Waals surface area (Å²) >= 11 is 0. The van der Waals surface area contributed by atoms with Crippen molar-refractivity contribution in [2.24, 2.45) is 5.92 Å². The lowest BCUT2D eigenvalue weighted by Gasteiger charge is -2.42. The Kier molecular flexibility index (Phi) is 4.34. The highest BCUT2D eigenvalue weighted by Gasteiger charge is 2.48. The van der Waals surface area contributed by atoms with Crippen molar-refractivity contribution in [3.63, 3.8) is 0 Å². The summed E-state index contributed by atoms with van der Waals surface area (Å²) in [5.74, 6) is 0.377. The molecule has 1 fully saturated rings. The second-order valence-electron chi connectivity index (χ2n) is 7.84. The van der Waals surface area contributed by atoms with Crippen LogP contribution in [0.4, 0.5) is 5.82 Å². The van der Waals surface area contributed by atoms with Gasteiger partial charge in [0.2, 0.25) is 0 Å². The van der Waals surface area contributed by atoms with Gasteiger partial charge in [-0.1, -0.05) is 6.07 Å². The van der Waals surface area contributed by atoms with Crippen LogP contribution in [0.25, 0.3) is 33.3 Å². The Morgan fingerprint density at radius 3 is 2.68 bits per heavy atom. The summed E-state index contributed by atoms with van der Waals surface area (Å²) < 4.78 is 0. The van der Waals surface area contributed by atoms with Crippen molar-refractivity contribution in [2.75, 3.05) is 5.73 Å². The molecule has 1 aromatic carbocycles. The van der Waals surface area contributed by atoms with Crippen molar-refractivity contribution in [1.82, 2.24) is 25.0 Å². The fourth-order valence-corrected chi connectivity index (χ4v) is 4.30. The Morgan fingerprint density at radius 2 is 1.90 bits per heavy atom. The molecule has 1 saturated carbocycles. The number of nitriles is 2. The molecule has 3 heterocycles. The summed E-state index contributed by atoms with van der Waals surface area (Å²) in [6.45, 7) is 0. The van der Waals surface area contributed by atoms with E-state index < -0.39 is 5.54 Å². The third-order valence-electron chi connectivity index (χ3n) is 5.91. The summed E-state index contributed by atoms with van der Waals surface area (Å²) in [5.41, 5.74) is 9.67. The molecule has 1 aliphatic carbocycles. The van der Waals surface area contributed by atoms with E-state index in [-0.39, 0.29) is 12.3 Å². The standard InChI is InChI=1S/C23H18N8/c24-6-5-23(11-15(12-23)13-25)31-29-14-21(30-31)19-9-16(17-3-1-8-28-22(17)26)10-20-18(19)4-2-7-27-20/h1-4,7-10,14-15H,5,11-12H2,(H2,26,28). The number of nitrogen functional groups attached to an aromatic ring is 1. The first kappa shape index (κ1) is 18.7. The molecule has 0 saturated heterocycles. The van der Waals surface area contributed by atoms with E-state index in [0.717, 1.165) is 27.6 Å². The van der Waals surface area contributed by atoms with Gasteiger partial charge in [-0.3, -0.25) is 4.98 Å². The fraction of sp³-hybridized carbons (Fsp3) is 0.217. The fourth-order valence-electron chi connectivity index (χ4n) is 4.30. The normalized spacial score (nSPS) is 20.0. The van der Waals surface area contributed by atoms with Crippen molar-refractivity contribution < 1.29 is 0 Å². The predicted molar refractivity (Wildman–Crippen MR) is 115 cm³/mol. The molecule has 0 unspecified atom stereocenters. The molecule has 31 heavy (non-hydrogen) atoms. The lowest BCUT2D eigenvalue weighted by Crippen LogP contribution is -2.47. The van der Waals surface area contributed by atoms with Gasteiger partial charge < -0.3 is 5.73 Å². The minimum Gasteiger partial charge on any atom is -0.383 e. The summed E-state index contributed by atoms with van der Waals surface area (Å²) in [5, 5.41) is 28.7. The van der Waals surface area contributed by atoms with Gasteiger partial charge in [-0.15, -0.1) is 0 Å². The Morgan fingerprint density at radius 1 is 1.10 bits per heavy atom. The van der Waals surface area contributed by atoms with E-state index in [0.29, 0.717) is 24.4 Å². The van der Waals surface area contributed by atoms with Crippen LogP contribution < -0.4 is 5.73 Å². The molecule has 2 N–H and O–H groups in total. The van der Waals surface area contributed by atoms with Crippen LogP contribution >= 0.6 is 0 Å². The highest BCUT2D eigenvalue weighted by Crippen LogP contribution is 2.45. The number of rotatable bonds is 4. The first-order chi connectivity index (χ1) is 15.1. The molecular formula is C23H18N8. The van der Waals surface area contributed by atoms with E-state index in [1.165, 1.54) is 0 Å². The molecule has 0 aliphatic heterocycles. The molecule has 0 amide bonds. The van der Waals surface area contributed by atoms with Crippen LogP contribution in [-0.2, 0) is 5.54 Å². The molecule has 5 rings (SSSR count). The zero-order chi connectivity index (χ0) is 21.4. The lowest BCUT2D eigenvalue weighted by atomic mass is 9.68. The maximum Gasteiger partial charge on any atom is 0.131 e. The minimum atomic E-state index is -0.521. The summed E-state index contributed by atoms with van der Waals surface area (Å²) in [4.78, 5) is 10.3. The first-order valence-corrected chi connectivity index (χ1v) is 9.93. The van der Waals surface area contributed by atoms with Gasteiger partial charge in [0.15, 0.2) is 0 Å². The maximum atomic E-state index is 9.31. The van der Waals surface area contributed by atoms with E-state index in [1.807, 2.05) is 36.4 Å². The summed E-state index contributed by atoms with van der Waals surface area (Å²) in [6.07, 6.45) is 6.55. The molecule has 3 aromatic heterocycles. The van der Waals surface area contributed by atoms with Crippen LogP contribution in [0.2, 0.25) is 0 Å². The van der Waals surface area contributed by atoms with Crippen molar-refractivity contribution >= 4 is 16.7 Å². The van der Waals surface area contributed by atoms with Crippen molar-refractivity contribution in [1.29, 1.82) is 10.5 Å². The van der Waals surface area contributed by atoms with E-state index in [4.69, 9.17) is 10.8 Å². The zero-order valence-electron chi connectivity index (χ0n) is 16.6. The molecule has 8 heteroatoms. The van der Waals surface area contributed by atoms with Crippen LogP contribution in [0.5, 0.6) is 0 Å². The molecule has 8 nitrogen and oxygen atoms in total. The first-order valence-electron chi connectivity index (χ1n) is 9.93. The van der Waals surface area contributed by atoms with Crippen LogP contribution in [0.15, 0.2) is 55.0 Å². The number of aromatic nitrogens is 5. The quantitative estimate of drug-likeness (QED) is 0.547. The average Bonchev–Trinajstić information content (AvgIpc) is 3.26. The Labute approximate surface area is 178 Å². The molecule has 4 aromatic rings. The summed E-state index contributed by atoms with van der Waals surface area (Å²) in [7, 11) is 0. The van der Waals surface area contributed by atoms with Gasteiger partial charge in [-0.2, -0.15) is 25.5 Å². The van der Waals surface area contributed by atoms with Gasteiger partial charge in [0.1, 0.15) is 11.5 Å². The maximum absolute atomic E-state index is 9.31. The largest absolute Gasteiger partial charge is 0.383 e. The average molecular weight is 406 g/mol. The number of hydrogen-bond acceptors (Lipinski definition) is 7. The van der Waals surface area contributed by atoms with E-state index in [9.17, 15) is 10.5 Å². The van der Waals surface area contributed by atoms with Gasteiger partial charge in [0.25, 0.3) is 0 Å². The molecule has 0 atom stereocenters. The Hall–Kier alpha value is -4.30. The van der Waals surface area contributed by atoms with Crippen molar-refractivity contribution in [2.45, 2.75) is 24.8 Å². The van der Waals surface area contributed by atoms with Crippen LogP contribution in [0.1, 0.15) is 19.3 Å². The smallest absolute Gasteiger partial charge is 0.131 e. The van der Waals surface area contributed by atoms with Gasteiger partial charge in [0, 0.05) is 28.9 Å². The number of fused-ring (bicyclic) bond motifs is 1. The van der Waals surface area contributed by atoms with E-state index in [2.05, 4.69) is 27.2 Å². The molecule has 0 spiro atoms. The molecule has 0 bridgehead atoms. The Bertz CT molecular complexity index is 1370. The van der Waals surface area contributed by atoms with E-state index in [1.54, 1.807) is 23.4 Å². The Balaban J connectivity index is 1.64. The van der Waals surface area contributed by atoms with E-state index >= 15 is 0 Å². The zero-order valence-corrected chi connectivity index (χ0v) is 16.6. The molecule has 0 radical (unpaired) electrons. The van der Waals surface area contributed by atoms with Gasteiger partial charge >= 0.3 is 0 Å². The van der Waals surface area contributed by atoms with Gasteiger partial charge in [-0.25, -0.2) is 4.98 Å². The topological polar surface area (TPSA) is 130 Å². The molecular weight excluding hydrogens is 388 g/mol. The number of anilines is 1. The minimum absolute atomic E-state index is 0.0651.